The molecular formula is C10H12BrN3O. The van der Waals surface area contributed by atoms with E-state index in [1.54, 1.807) is 12.4 Å². The Kier molecular flexibility index (Phi) is 2.01. The average molecular weight is 270 g/mol. The van der Waals surface area contributed by atoms with Gasteiger partial charge in [0.05, 0.1) is 17.6 Å². The van der Waals surface area contributed by atoms with Crippen molar-refractivity contribution < 1.29 is 5.11 Å². The predicted octanol–water partition coefficient (Wildman–Crippen LogP) is 1.20. The number of aliphatic hydroxyl groups is 1. The molecule has 0 unspecified atom stereocenters. The van der Waals surface area contributed by atoms with Gasteiger partial charge in [0, 0.05) is 12.4 Å². The molecule has 0 spiro atoms. The number of aromatic nitrogens is 2. The van der Waals surface area contributed by atoms with E-state index in [1.807, 2.05) is 4.90 Å². The van der Waals surface area contributed by atoms with Gasteiger partial charge in [-0.15, -0.1) is 0 Å². The van der Waals surface area contributed by atoms with Crippen LogP contribution in [0.3, 0.4) is 0 Å². The van der Waals surface area contributed by atoms with Crippen molar-refractivity contribution in [3.63, 3.8) is 0 Å². The minimum Gasteiger partial charge on any atom is -0.386 e. The van der Waals surface area contributed by atoms with Crippen molar-refractivity contribution in [3.8, 4) is 0 Å². The summed E-state index contributed by atoms with van der Waals surface area (Å²) in [5.41, 5.74) is -0.462. The van der Waals surface area contributed by atoms with Gasteiger partial charge in [0.2, 0.25) is 5.95 Å². The molecule has 1 N–H and O–H groups in total. The zero-order chi connectivity index (χ0) is 10.5. The Morgan fingerprint density at radius 1 is 1.33 bits per heavy atom. The topological polar surface area (TPSA) is 49.2 Å². The summed E-state index contributed by atoms with van der Waals surface area (Å²) in [5.74, 6) is 1.23. The summed E-state index contributed by atoms with van der Waals surface area (Å²) in [4.78, 5) is 10.4. The second-order valence-corrected chi connectivity index (χ2v) is 5.35. The average Bonchev–Trinajstić information content (AvgIpc) is 2.98. The van der Waals surface area contributed by atoms with E-state index in [4.69, 9.17) is 0 Å². The Balaban J connectivity index is 1.69. The first-order valence-electron chi connectivity index (χ1n) is 5.12. The van der Waals surface area contributed by atoms with Crippen LogP contribution in [-0.2, 0) is 0 Å². The summed E-state index contributed by atoms with van der Waals surface area (Å²) >= 11 is 3.30. The van der Waals surface area contributed by atoms with E-state index >= 15 is 0 Å². The van der Waals surface area contributed by atoms with Crippen LogP contribution < -0.4 is 4.90 Å². The van der Waals surface area contributed by atoms with Crippen molar-refractivity contribution in [2.24, 2.45) is 5.92 Å². The highest BCUT2D eigenvalue weighted by Crippen LogP contribution is 2.45. The lowest BCUT2D eigenvalue weighted by Crippen LogP contribution is -2.63. The zero-order valence-electron chi connectivity index (χ0n) is 8.23. The van der Waals surface area contributed by atoms with Gasteiger partial charge in [-0.2, -0.15) is 0 Å². The van der Waals surface area contributed by atoms with Crippen LogP contribution in [0.4, 0.5) is 5.95 Å². The molecule has 0 bridgehead atoms. The molecule has 0 aromatic carbocycles. The van der Waals surface area contributed by atoms with Crippen molar-refractivity contribution in [2.75, 3.05) is 18.0 Å². The van der Waals surface area contributed by atoms with Crippen LogP contribution in [0, 0.1) is 5.92 Å². The predicted molar refractivity (Wildman–Crippen MR) is 59.6 cm³/mol. The molecule has 5 heteroatoms. The van der Waals surface area contributed by atoms with Crippen LogP contribution in [-0.4, -0.2) is 33.8 Å². The number of hydrogen-bond donors (Lipinski definition) is 1. The van der Waals surface area contributed by atoms with Crippen molar-refractivity contribution in [3.05, 3.63) is 16.9 Å². The first-order chi connectivity index (χ1) is 7.17. The number of rotatable bonds is 2. The van der Waals surface area contributed by atoms with E-state index in [1.165, 1.54) is 12.8 Å². The largest absolute Gasteiger partial charge is 0.386 e. The van der Waals surface area contributed by atoms with E-state index in [0.717, 1.165) is 4.47 Å². The zero-order valence-corrected chi connectivity index (χ0v) is 9.81. The Hall–Kier alpha value is -0.680. The molecule has 15 heavy (non-hydrogen) atoms. The maximum Gasteiger partial charge on any atom is 0.225 e. The molecule has 80 valence electrons. The van der Waals surface area contributed by atoms with Crippen LogP contribution in [0.5, 0.6) is 0 Å². The minimum atomic E-state index is -0.462. The van der Waals surface area contributed by atoms with Crippen LogP contribution >= 0.6 is 15.9 Å². The van der Waals surface area contributed by atoms with Gasteiger partial charge < -0.3 is 10.0 Å². The Morgan fingerprint density at radius 3 is 2.47 bits per heavy atom. The third-order valence-electron chi connectivity index (χ3n) is 3.16. The van der Waals surface area contributed by atoms with Crippen LogP contribution in [0.2, 0.25) is 0 Å². The molecule has 2 heterocycles. The van der Waals surface area contributed by atoms with Gasteiger partial charge in [0.1, 0.15) is 5.60 Å². The highest BCUT2D eigenvalue weighted by atomic mass is 79.9. The molecule has 3 rings (SSSR count). The second kappa shape index (κ2) is 3.15. The lowest BCUT2D eigenvalue weighted by Gasteiger charge is -2.46. The quantitative estimate of drug-likeness (QED) is 0.877. The maximum absolute atomic E-state index is 10.1. The first-order valence-corrected chi connectivity index (χ1v) is 5.91. The molecule has 1 aliphatic carbocycles. The monoisotopic (exact) mass is 269 g/mol. The van der Waals surface area contributed by atoms with Gasteiger partial charge >= 0.3 is 0 Å². The van der Waals surface area contributed by atoms with Crippen molar-refractivity contribution in [2.45, 2.75) is 18.4 Å². The summed E-state index contributed by atoms with van der Waals surface area (Å²) in [6.45, 7) is 1.36. The van der Waals surface area contributed by atoms with Crippen LogP contribution in [0.1, 0.15) is 12.8 Å². The summed E-state index contributed by atoms with van der Waals surface area (Å²) in [6.07, 6.45) is 5.81. The lowest BCUT2D eigenvalue weighted by atomic mass is 9.89. The third-order valence-corrected chi connectivity index (χ3v) is 3.57. The van der Waals surface area contributed by atoms with Gasteiger partial charge in [-0.1, -0.05) is 0 Å². The molecule has 1 aliphatic heterocycles. The van der Waals surface area contributed by atoms with E-state index in [2.05, 4.69) is 25.9 Å². The van der Waals surface area contributed by atoms with E-state index in [-0.39, 0.29) is 0 Å². The lowest BCUT2D eigenvalue weighted by molar-refractivity contribution is -0.0102. The molecular weight excluding hydrogens is 258 g/mol. The standard InChI is InChI=1S/C10H12BrN3O/c11-8-3-12-9(13-4-8)14-5-10(15,6-14)7-1-2-7/h3-4,7,15H,1-2,5-6H2. The minimum absolute atomic E-state index is 0.462. The molecule has 1 aromatic rings. The second-order valence-electron chi connectivity index (χ2n) is 4.44. The Bertz CT molecular complexity index is 371. The fraction of sp³-hybridized carbons (Fsp3) is 0.600. The number of hydrogen-bond acceptors (Lipinski definition) is 4. The highest BCUT2D eigenvalue weighted by molar-refractivity contribution is 9.10. The SMILES string of the molecule is OC1(C2CC2)CN(c2ncc(Br)cn2)C1. The summed E-state index contributed by atoms with van der Waals surface area (Å²) in [5, 5.41) is 10.1. The smallest absolute Gasteiger partial charge is 0.225 e. The highest BCUT2D eigenvalue weighted by Gasteiger charge is 2.52. The van der Waals surface area contributed by atoms with Crippen molar-refractivity contribution in [1.82, 2.24) is 9.97 Å². The molecule has 0 radical (unpaired) electrons. The van der Waals surface area contributed by atoms with E-state index < -0.39 is 5.60 Å². The van der Waals surface area contributed by atoms with E-state index in [9.17, 15) is 5.11 Å². The van der Waals surface area contributed by atoms with Crippen LogP contribution in [0.15, 0.2) is 16.9 Å². The summed E-state index contributed by atoms with van der Waals surface area (Å²) in [6, 6.07) is 0. The maximum atomic E-state index is 10.1. The van der Waals surface area contributed by atoms with Gasteiger partial charge in [-0.3, -0.25) is 0 Å². The summed E-state index contributed by atoms with van der Waals surface area (Å²) in [7, 11) is 0. The van der Waals surface area contributed by atoms with Gasteiger partial charge in [-0.25, -0.2) is 9.97 Å². The number of nitrogens with zero attached hydrogens (tertiary/aromatic N) is 3. The molecule has 0 atom stereocenters. The Morgan fingerprint density at radius 2 is 1.93 bits per heavy atom. The molecule has 2 fully saturated rings. The molecule has 1 saturated heterocycles. The Labute approximate surface area is 96.5 Å². The number of halogens is 1. The van der Waals surface area contributed by atoms with Crippen molar-refractivity contribution >= 4 is 21.9 Å². The van der Waals surface area contributed by atoms with Crippen LogP contribution in [0.25, 0.3) is 0 Å². The number of β-amino-alcohol motifs (C(OH)–C–C–N with tert-alkyl or cyclic N) is 1. The molecule has 1 aromatic heterocycles. The molecule has 1 saturated carbocycles. The van der Waals surface area contributed by atoms with Gasteiger partial charge in [0.15, 0.2) is 0 Å². The van der Waals surface area contributed by atoms with Gasteiger partial charge in [-0.05, 0) is 34.7 Å². The third kappa shape index (κ3) is 1.63. The number of anilines is 1. The normalized spacial score (nSPS) is 23.7. The molecule has 0 amide bonds. The van der Waals surface area contributed by atoms with Gasteiger partial charge in [0.25, 0.3) is 0 Å². The van der Waals surface area contributed by atoms with Crippen molar-refractivity contribution in [1.29, 1.82) is 0 Å². The first kappa shape index (κ1) is 9.54. The fourth-order valence-corrected chi connectivity index (χ4v) is 2.31. The molecule has 2 aliphatic rings. The van der Waals surface area contributed by atoms with E-state index in [0.29, 0.717) is 25.0 Å². The fourth-order valence-electron chi connectivity index (χ4n) is 2.10. The summed E-state index contributed by atoms with van der Waals surface area (Å²) < 4.78 is 0.879. The molecule has 4 nitrogen and oxygen atoms in total.